The number of hydrogen-bond donors (Lipinski definition) is 0. The minimum absolute atomic E-state index is 1.12. The second kappa shape index (κ2) is 12.5. The van der Waals surface area contributed by atoms with E-state index in [1.165, 1.54) is 37.7 Å². The van der Waals surface area contributed by atoms with Crippen LogP contribution in [0.4, 0.5) is 0 Å². The highest BCUT2D eigenvalue weighted by molar-refractivity contribution is 5.13. The summed E-state index contributed by atoms with van der Waals surface area (Å²) in [6, 6.07) is 10.5. The van der Waals surface area contributed by atoms with Crippen LogP contribution in [0.5, 0.6) is 0 Å². The number of unbranched alkanes of at least 4 members (excludes halogenated alkanes) is 2. The van der Waals surface area contributed by atoms with Crippen LogP contribution in [0.3, 0.4) is 0 Å². The van der Waals surface area contributed by atoms with Gasteiger partial charge in [-0.3, -0.25) is 0 Å². The van der Waals surface area contributed by atoms with Crippen molar-refractivity contribution in [3.63, 3.8) is 0 Å². The quantitative estimate of drug-likeness (QED) is 0.384. The van der Waals surface area contributed by atoms with Gasteiger partial charge in [0.05, 0.1) is 0 Å². The average molecular weight is 423 g/mol. The molecule has 4 fully saturated rings. The Balaban J connectivity index is 0.000000245. The molecule has 0 saturated heterocycles. The molecular formula is C31H50. The Bertz CT molecular complexity index is 542. The van der Waals surface area contributed by atoms with Gasteiger partial charge in [-0.05, 0) is 73.2 Å². The number of benzene rings is 1. The van der Waals surface area contributed by atoms with Crippen LogP contribution in [0.2, 0.25) is 0 Å². The van der Waals surface area contributed by atoms with Crippen molar-refractivity contribution < 1.29 is 0 Å². The van der Waals surface area contributed by atoms with Crippen molar-refractivity contribution in [1.82, 2.24) is 0 Å². The van der Waals surface area contributed by atoms with Gasteiger partial charge in [-0.1, -0.05) is 121 Å². The summed E-state index contributed by atoms with van der Waals surface area (Å²) in [4.78, 5) is 0. The molecule has 0 nitrogen and oxygen atoms in total. The Morgan fingerprint density at radius 3 is 1.35 bits per heavy atom. The fourth-order valence-electron chi connectivity index (χ4n) is 7.94. The predicted molar refractivity (Wildman–Crippen MR) is 135 cm³/mol. The molecule has 5 rings (SSSR count). The molecule has 0 N–H and O–H groups in total. The third-order valence-electron chi connectivity index (χ3n) is 9.65. The van der Waals surface area contributed by atoms with Gasteiger partial charge in [-0.15, -0.1) is 0 Å². The van der Waals surface area contributed by atoms with E-state index in [0.29, 0.717) is 0 Å². The van der Waals surface area contributed by atoms with Crippen LogP contribution in [-0.2, 0) is 6.42 Å². The molecule has 0 amide bonds. The molecule has 1 aromatic carbocycles. The second-order valence-corrected chi connectivity index (χ2v) is 11.8. The summed E-state index contributed by atoms with van der Waals surface area (Å²) in [5, 5.41) is 0. The third kappa shape index (κ3) is 7.10. The van der Waals surface area contributed by atoms with Gasteiger partial charge >= 0.3 is 0 Å². The molecule has 31 heavy (non-hydrogen) atoms. The Kier molecular flexibility index (Phi) is 9.40. The Morgan fingerprint density at radius 2 is 1.00 bits per heavy atom. The number of aryl methyl sites for hydroxylation is 1. The topological polar surface area (TPSA) is 0 Å². The van der Waals surface area contributed by atoms with Crippen LogP contribution in [0, 0.1) is 35.5 Å². The smallest absolute Gasteiger partial charge is 0.0307 e. The predicted octanol–water partition coefficient (Wildman–Crippen LogP) is 9.62. The molecule has 0 aliphatic heterocycles. The molecule has 4 atom stereocenters. The van der Waals surface area contributed by atoms with Crippen LogP contribution in [-0.4, -0.2) is 0 Å². The second-order valence-electron chi connectivity index (χ2n) is 11.8. The zero-order chi connectivity index (χ0) is 21.3. The lowest BCUT2D eigenvalue weighted by atomic mass is 9.82. The summed E-state index contributed by atoms with van der Waals surface area (Å²) in [5.41, 5.74) is 1.41. The summed E-state index contributed by atoms with van der Waals surface area (Å²) in [6.45, 7) is 2.16. The van der Waals surface area contributed by atoms with E-state index in [9.17, 15) is 0 Å². The summed E-state index contributed by atoms with van der Waals surface area (Å²) in [6.07, 6.45) is 27.8. The van der Waals surface area contributed by atoms with Crippen LogP contribution >= 0.6 is 0 Å². The van der Waals surface area contributed by atoms with Gasteiger partial charge in [0.25, 0.3) is 0 Å². The van der Waals surface area contributed by atoms with Gasteiger partial charge in [-0.2, -0.15) is 0 Å². The van der Waals surface area contributed by atoms with Crippen molar-refractivity contribution in [3.05, 3.63) is 35.9 Å². The van der Waals surface area contributed by atoms with Crippen molar-refractivity contribution in [2.24, 2.45) is 35.5 Å². The van der Waals surface area contributed by atoms with E-state index in [2.05, 4.69) is 31.2 Å². The molecule has 174 valence electrons. The molecule has 0 aromatic heterocycles. The van der Waals surface area contributed by atoms with Crippen molar-refractivity contribution in [3.8, 4) is 0 Å². The summed E-state index contributed by atoms with van der Waals surface area (Å²) in [5.74, 6) is 6.84. The van der Waals surface area contributed by atoms with Gasteiger partial charge < -0.3 is 0 Å². The van der Waals surface area contributed by atoms with Crippen molar-refractivity contribution in [2.45, 2.75) is 122 Å². The normalized spacial score (nSPS) is 34.5. The lowest BCUT2D eigenvalue weighted by molar-refractivity contribution is 0.277. The number of hydrogen-bond acceptors (Lipinski definition) is 0. The highest BCUT2D eigenvalue weighted by Crippen LogP contribution is 2.48. The fraction of sp³-hybridized carbons (Fsp3) is 0.806. The number of rotatable bonds is 7. The fourth-order valence-corrected chi connectivity index (χ4v) is 7.94. The standard InChI is InChI=1S/C23H40.C8H10/c1(2-8-18-14-20-10-4-5-11-21(20)15-18)3-9-19-16-22-12-6-7-13-23(22)17-19;1-2-8-6-4-3-5-7-8/h18-23H,1-17H2;3-7H,2H2,1H3. The monoisotopic (exact) mass is 422 g/mol. The zero-order valence-electron chi connectivity index (χ0n) is 20.6. The van der Waals surface area contributed by atoms with E-state index in [-0.39, 0.29) is 0 Å². The first-order valence-electron chi connectivity index (χ1n) is 14.4. The van der Waals surface area contributed by atoms with Crippen LogP contribution in [0.25, 0.3) is 0 Å². The highest BCUT2D eigenvalue weighted by atomic mass is 14.4. The first kappa shape index (κ1) is 23.4. The summed E-state index contributed by atoms with van der Waals surface area (Å²) < 4.78 is 0. The maximum atomic E-state index is 2.16. The Labute approximate surface area is 194 Å². The average Bonchev–Trinajstić information content (AvgIpc) is 3.43. The van der Waals surface area contributed by atoms with E-state index in [1.54, 1.807) is 77.0 Å². The van der Waals surface area contributed by atoms with Crippen LogP contribution in [0.15, 0.2) is 30.3 Å². The molecule has 0 radical (unpaired) electrons. The SMILES string of the molecule is C(CCC1CC2CCCCC2C1)CCC1CC2CCCCC2C1.CCc1ccccc1. The molecule has 0 heteroatoms. The van der Waals surface area contributed by atoms with E-state index >= 15 is 0 Å². The molecule has 0 heterocycles. The van der Waals surface area contributed by atoms with E-state index in [4.69, 9.17) is 0 Å². The van der Waals surface area contributed by atoms with E-state index < -0.39 is 0 Å². The zero-order valence-corrected chi connectivity index (χ0v) is 20.6. The Hall–Kier alpha value is -0.780. The molecular weight excluding hydrogens is 372 g/mol. The van der Waals surface area contributed by atoms with Gasteiger partial charge in [0.15, 0.2) is 0 Å². The molecule has 4 aliphatic rings. The summed E-state index contributed by atoms with van der Waals surface area (Å²) >= 11 is 0. The minimum Gasteiger partial charge on any atom is -0.0622 e. The van der Waals surface area contributed by atoms with Gasteiger partial charge in [-0.25, -0.2) is 0 Å². The number of fused-ring (bicyclic) bond motifs is 2. The minimum atomic E-state index is 1.12. The van der Waals surface area contributed by atoms with E-state index in [1.807, 2.05) is 6.07 Å². The largest absolute Gasteiger partial charge is 0.0622 e. The molecule has 4 unspecified atom stereocenters. The lowest BCUT2D eigenvalue weighted by Gasteiger charge is -2.24. The van der Waals surface area contributed by atoms with Gasteiger partial charge in [0.1, 0.15) is 0 Å². The maximum Gasteiger partial charge on any atom is -0.0307 e. The van der Waals surface area contributed by atoms with Gasteiger partial charge in [0, 0.05) is 0 Å². The molecule has 0 spiro atoms. The van der Waals surface area contributed by atoms with Crippen molar-refractivity contribution in [1.29, 1.82) is 0 Å². The molecule has 1 aromatic rings. The first-order chi connectivity index (χ1) is 15.3. The maximum absolute atomic E-state index is 2.16. The summed E-state index contributed by atoms with van der Waals surface area (Å²) in [7, 11) is 0. The first-order valence-corrected chi connectivity index (χ1v) is 14.4. The van der Waals surface area contributed by atoms with E-state index in [0.717, 1.165) is 41.9 Å². The molecule has 4 saturated carbocycles. The van der Waals surface area contributed by atoms with Crippen LogP contribution in [0.1, 0.15) is 122 Å². The highest BCUT2D eigenvalue weighted by Gasteiger charge is 2.36. The Morgan fingerprint density at radius 1 is 0.581 bits per heavy atom. The van der Waals surface area contributed by atoms with Gasteiger partial charge in [0.2, 0.25) is 0 Å². The molecule has 0 bridgehead atoms. The lowest BCUT2D eigenvalue weighted by Crippen LogP contribution is -2.12. The molecule has 4 aliphatic carbocycles. The third-order valence-corrected chi connectivity index (χ3v) is 9.65. The van der Waals surface area contributed by atoms with Crippen molar-refractivity contribution >= 4 is 0 Å². The van der Waals surface area contributed by atoms with Crippen molar-refractivity contribution in [2.75, 3.05) is 0 Å². The van der Waals surface area contributed by atoms with Crippen LogP contribution < -0.4 is 0 Å².